The molecule has 0 radical (unpaired) electrons. The number of nitriles is 1. The second kappa shape index (κ2) is 11.0. The lowest BCUT2D eigenvalue weighted by Gasteiger charge is -2.13. The van der Waals surface area contributed by atoms with Crippen LogP contribution in [-0.4, -0.2) is 41.6 Å². The second-order valence-electron chi connectivity index (χ2n) is 4.92. The summed E-state index contributed by atoms with van der Waals surface area (Å²) in [7, 11) is 0. The lowest BCUT2D eigenvalue weighted by Crippen LogP contribution is -2.41. The Hall–Kier alpha value is -2.66. The molecule has 1 unspecified atom stereocenters. The number of nitrogens with one attached hydrogen (secondary N) is 2. The third-order valence-corrected chi connectivity index (χ3v) is 3.77. The summed E-state index contributed by atoms with van der Waals surface area (Å²) in [4.78, 5) is 23.2. The van der Waals surface area contributed by atoms with Gasteiger partial charge in [-0.1, -0.05) is 0 Å². The van der Waals surface area contributed by atoms with E-state index in [1.165, 1.54) is 18.0 Å². The molecule has 0 saturated carbocycles. The first-order valence-corrected chi connectivity index (χ1v) is 9.03. The summed E-state index contributed by atoms with van der Waals surface area (Å²) in [6.07, 6.45) is 3.38. The van der Waals surface area contributed by atoms with E-state index in [0.717, 1.165) is 0 Å². The van der Waals surface area contributed by atoms with Crippen LogP contribution in [0, 0.1) is 11.3 Å². The Bertz CT molecular complexity index is 653. The number of nitrogens with zero attached hydrogens (tertiary/aromatic N) is 1. The van der Waals surface area contributed by atoms with Gasteiger partial charge in [0.2, 0.25) is 0 Å². The van der Waals surface area contributed by atoms with Gasteiger partial charge in [-0.25, -0.2) is 4.79 Å². The van der Waals surface area contributed by atoms with Gasteiger partial charge in [0, 0.05) is 11.9 Å². The van der Waals surface area contributed by atoms with E-state index in [9.17, 15) is 9.59 Å². The van der Waals surface area contributed by atoms with Crippen molar-refractivity contribution in [2.24, 2.45) is 0 Å². The fourth-order valence-electron chi connectivity index (χ4n) is 1.85. The number of carbonyl (C=O) groups excluding carboxylic acids is 1. The van der Waals surface area contributed by atoms with Crippen molar-refractivity contribution >= 4 is 29.3 Å². The van der Waals surface area contributed by atoms with Crippen LogP contribution in [0.4, 0.5) is 5.69 Å². The molecule has 1 aromatic rings. The van der Waals surface area contributed by atoms with Crippen molar-refractivity contribution in [3.05, 3.63) is 36.0 Å². The SMILES string of the molecule is CCOc1ccc(N/C=C(/C#N)C(=O)NC(CCSC)C(=O)O)cc1. The van der Waals surface area contributed by atoms with Crippen molar-refractivity contribution in [2.45, 2.75) is 19.4 Å². The molecule has 0 saturated heterocycles. The van der Waals surface area contributed by atoms with Crippen LogP contribution in [0.5, 0.6) is 5.75 Å². The summed E-state index contributed by atoms with van der Waals surface area (Å²) in [6.45, 7) is 2.45. The Morgan fingerprint density at radius 1 is 1.40 bits per heavy atom. The highest BCUT2D eigenvalue weighted by molar-refractivity contribution is 7.98. The molecule has 1 rings (SSSR count). The van der Waals surface area contributed by atoms with Gasteiger partial charge in [-0.05, 0) is 49.6 Å². The predicted octanol–water partition coefficient (Wildman–Crippen LogP) is 2.23. The Morgan fingerprint density at radius 2 is 2.08 bits per heavy atom. The average molecular weight is 363 g/mol. The van der Waals surface area contributed by atoms with Crippen LogP contribution in [0.1, 0.15) is 13.3 Å². The molecule has 8 heteroatoms. The van der Waals surface area contributed by atoms with E-state index in [1.54, 1.807) is 30.3 Å². The molecule has 1 atom stereocenters. The summed E-state index contributed by atoms with van der Waals surface area (Å²) < 4.78 is 5.33. The number of amides is 1. The Labute approximate surface area is 151 Å². The minimum atomic E-state index is -1.13. The van der Waals surface area contributed by atoms with Crippen molar-refractivity contribution in [3.63, 3.8) is 0 Å². The number of benzene rings is 1. The zero-order valence-corrected chi connectivity index (χ0v) is 14.9. The molecule has 3 N–H and O–H groups in total. The van der Waals surface area contributed by atoms with E-state index >= 15 is 0 Å². The molecule has 0 spiro atoms. The van der Waals surface area contributed by atoms with E-state index < -0.39 is 17.9 Å². The van der Waals surface area contributed by atoms with E-state index in [1.807, 2.05) is 13.2 Å². The average Bonchev–Trinajstić information content (AvgIpc) is 2.60. The van der Waals surface area contributed by atoms with Crippen molar-refractivity contribution in [3.8, 4) is 11.8 Å². The highest BCUT2D eigenvalue weighted by atomic mass is 32.2. The van der Waals surface area contributed by atoms with Crippen LogP contribution in [0.15, 0.2) is 36.0 Å². The van der Waals surface area contributed by atoms with E-state index in [0.29, 0.717) is 23.8 Å². The van der Waals surface area contributed by atoms with E-state index in [-0.39, 0.29) is 12.0 Å². The number of anilines is 1. The smallest absolute Gasteiger partial charge is 0.326 e. The van der Waals surface area contributed by atoms with Crippen molar-refractivity contribution in [1.82, 2.24) is 5.32 Å². The lowest BCUT2D eigenvalue weighted by molar-refractivity contribution is -0.141. The topological polar surface area (TPSA) is 111 Å². The lowest BCUT2D eigenvalue weighted by atomic mass is 10.2. The molecular formula is C17H21N3O4S. The number of carbonyl (C=O) groups is 2. The summed E-state index contributed by atoms with van der Waals surface area (Å²) >= 11 is 1.48. The highest BCUT2D eigenvalue weighted by Crippen LogP contribution is 2.15. The Kier molecular flexibility index (Phi) is 8.96. The van der Waals surface area contributed by atoms with Crippen molar-refractivity contribution in [1.29, 1.82) is 5.26 Å². The zero-order chi connectivity index (χ0) is 18.7. The van der Waals surface area contributed by atoms with Crippen molar-refractivity contribution < 1.29 is 19.4 Å². The van der Waals surface area contributed by atoms with Gasteiger partial charge >= 0.3 is 5.97 Å². The Balaban J connectivity index is 2.72. The molecule has 0 heterocycles. The van der Waals surface area contributed by atoms with Gasteiger partial charge < -0.3 is 20.5 Å². The molecule has 1 aromatic carbocycles. The minimum Gasteiger partial charge on any atom is -0.494 e. The molecule has 0 fully saturated rings. The first-order valence-electron chi connectivity index (χ1n) is 7.64. The summed E-state index contributed by atoms with van der Waals surface area (Å²) in [5.41, 5.74) is 0.463. The summed E-state index contributed by atoms with van der Waals surface area (Å²) in [5, 5.41) is 23.5. The van der Waals surface area contributed by atoms with Crippen LogP contribution in [0.3, 0.4) is 0 Å². The van der Waals surface area contributed by atoms with E-state index in [4.69, 9.17) is 15.1 Å². The first kappa shape index (κ1) is 20.4. The van der Waals surface area contributed by atoms with Gasteiger partial charge in [0.25, 0.3) is 5.91 Å². The van der Waals surface area contributed by atoms with Crippen LogP contribution in [0.2, 0.25) is 0 Å². The van der Waals surface area contributed by atoms with E-state index in [2.05, 4.69) is 10.6 Å². The van der Waals surface area contributed by atoms with Gasteiger partial charge in [-0.2, -0.15) is 17.0 Å². The molecular weight excluding hydrogens is 342 g/mol. The minimum absolute atomic E-state index is 0.204. The number of hydrogen-bond acceptors (Lipinski definition) is 6. The van der Waals surface area contributed by atoms with Crippen molar-refractivity contribution in [2.75, 3.05) is 23.9 Å². The number of ether oxygens (including phenoxy) is 1. The fourth-order valence-corrected chi connectivity index (χ4v) is 2.32. The number of thioether (sulfide) groups is 1. The molecule has 0 aliphatic rings. The van der Waals surface area contributed by atoms with Gasteiger partial charge in [0.05, 0.1) is 6.61 Å². The molecule has 0 aliphatic heterocycles. The third kappa shape index (κ3) is 7.18. The molecule has 25 heavy (non-hydrogen) atoms. The molecule has 0 aliphatic carbocycles. The standard InChI is InChI=1S/C17H21N3O4S/c1-3-24-14-6-4-13(5-7-14)19-11-12(10-18)16(21)20-15(17(22)23)8-9-25-2/h4-7,11,15,19H,3,8-9H2,1-2H3,(H,20,21)(H,22,23)/b12-11-. The van der Waals surface area contributed by atoms with Crippen LogP contribution >= 0.6 is 11.8 Å². The van der Waals surface area contributed by atoms with Gasteiger partial charge in [-0.15, -0.1) is 0 Å². The first-order chi connectivity index (χ1) is 12.0. The maximum Gasteiger partial charge on any atom is 0.326 e. The molecule has 7 nitrogen and oxygen atoms in total. The van der Waals surface area contributed by atoms with Crippen LogP contribution < -0.4 is 15.4 Å². The fraction of sp³-hybridized carbons (Fsp3) is 0.353. The normalized spacial score (nSPS) is 12.0. The number of aliphatic carboxylic acids is 1. The van der Waals surface area contributed by atoms with Crippen LogP contribution in [0.25, 0.3) is 0 Å². The maximum atomic E-state index is 12.1. The van der Waals surface area contributed by atoms with Gasteiger partial charge in [0.1, 0.15) is 23.4 Å². The zero-order valence-electron chi connectivity index (χ0n) is 14.1. The molecule has 134 valence electrons. The molecule has 0 bridgehead atoms. The molecule has 1 amide bonds. The maximum absolute atomic E-state index is 12.1. The number of carboxylic acid groups (broad SMARTS) is 1. The largest absolute Gasteiger partial charge is 0.494 e. The highest BCUT2D eigenvalue weighted by Gasteiger charge is 2.21. The number of rotatable bonds is 10. The number of hydrogen-bond donors (Lipinski definition) is 3. The quantitative estimate of drug-likeness (QED) is 0.432. The second-order valence-corrected chi connectivity index (χ2v) is 5.90. The number of carboxylic acids is 1. The monoisotopic (exact) mass is 363 g/mol. The summed E-state index contributed by atoms with van der Waals surface area (Å²) in [6, 6.07) is 7.75. The molecule has 0 aromatic heterocycles. The Morgan fingerprint density at radius 3 is 2.60 bits per heavy atom. The predicted molar refractivity (Wildman–Crippen MR) is 97.5 cm³/mol. The van der Waals surface area contributed by atoms with Gasteiger partial charge in [0.15, 0.2) is 0 Å². The van der Waals surface area contributed by atoms with Gasteiger partial charge in [-0.3, -0.25) is 4.79 Å². The third-order valence-electron chi connectivity index (χ3n) is 3.13. The van der Waals surface area contributed by atoms with Crippen LogP contribution in [-0.2, 0) is 9.59 Å². The summed E-state index contributed by atoms with van der Waals surface area (Å²) in [5.74, 6) is -0.547.